The van der Waals surface area contributed by atoms with E-state index in [-0.39, 0.29) is 0 Å². The summed E-state index contributed by atoms with van der Waals surface area (Å²) in [6.45, 7) is 2.00. The van der Waals surface area contributed by atoms with Gasteiger partial charge in [-0.25, -0.2) is 0 Å². The van der Waals surface area contributed by atoms with E-state index in [9.17, 15) is 5.11 Å². The zero-order chi connectivity index (χ0) is 10.7. The van der Waals surface area contributed by atoms with Crippen LogP contribution in [-0.4, -0.2) is 5.11 Å². The zero-order valence-electron chi connectivity index (χ0n) is 8.47. The number of aromatic hydroxyl groups is 1. The van der Waals surface area contributed by atoms with Gasteiger partial charge in [-0.2, -0.15) is 0 Å². The summed E-state index contributed by atoms with van der Waals surface area (Å²) in [7, 11) is 0. The molecular weight excluding hydrogens is 204 g/mol. The lowest BCUT2D eigenvalue weighted by Gasteiger charge is -2.07. The van der Waals surface area contributed by atoms with Crippen LogP contribution in [0.3, 0.4) is 0 Å². The third-order valence-corrected chi connectivity index (χ3v) is 3.40. The van der Waals surface area contributed by atoms with Crippen molar-refractivity contribution in [1.29, 1.82) is 0 Å². The lowest BCUT2D eigenvalue weighted by atomic mass is 10.2. The Kier molecular flexibility index (Phi) is 2.97. The van der Waals surface area contributed by atoms with Gasteiger partial charge in [0.1, 0.15) is 5.75 Å². The molecule has 2 aromatic rings. The van der Waals surface area contributed by atoms with Gasteiger partial charge < -0.3 is 5.11 Å². The predicted molar refractivity (Wildman–Crippen MR) is 63.4 cm³/mol. The molecule has 0 unspecified atom stereocenters. The number of aryl methyl sites for hydroxylation is 1. The fraction of sp³-hybridized carbons (Fsp3) is 0.0769. The van der Waals surface area contributed by atoms with Gasteiger partial charge in [0, 0.05) is 4.90 Å². The maximum absolute atomic E-state index is 9.73. The van der Waals surface area contributed by atoms with E-state index < -0.39 is 0 Å². The quantitative estimate of drug-likeness (QED) is 0.822. The van der Waals surface area contributed by atoms with Crippen molar-refractivity contribution in [3.05, 3.63) is 54.1 Å². The van der Waals surface area contributed by atoms with Crippen LogP contribution in [0, 0.1) is 6.92 Å². The molecule has 0 spiro atoms. The molecule has 0 heterocycles. The Morgan fingerprint density at radius 2 is 1.67 bits per heavy atom. The van der Waals surface area contributed by atoms with Gasteiger partial charge in [-0.3, -0.25) is 0 Å². The third-order valence-electron chi connectivity index (χ3n) is 2.15. The van der Waals surface area contributed by atoms with Crippen LogP contribution in [0.2, 0.25) is 0 Å². The first-order valence-corrected chi connectivity index (χ1v) is 5.60. The number of benzene rings is 2. The molecule has 2 aromatic carbocycles. The first-order valence-electron chi connectivity index (χ1n) is 4.79. The van der Waals surface area contributed by atoms with Crippen LogP contribution in [0.15, 0.2) is 58.3 Å². The van der Waals surface area contributed by atoms with Crippen molar-refractivity contribution in [3.63, 3.8) is 0 Å². The zero-order valence-corrected chi connectivity index (χ0v) is 9.29. The first kappa shape index (κ1) is 10.1. The summed E-state index contributed by atoms with van der Waals surface area (Å²) in [6, 6.07) is 15.6. The highest BCUT2D eigenvalue weighted by atomic mass is 32.2. The van der Waals surface area contributed by atoms with Crippen LogP contribution < -0.4 is 0 Å². The first-order chi connectivity index (χ1) is 7.27. The smallest absolute Gasteiger partial charge is 0.129 e. The van der Waals surface area contributed by atoms with Crippen LogP contribution in [-0.2, 0) is 0 Å². The van der Waals surface area contributed by atoms with Gasteiger partial charge >= 0.3 is 0 Å². The highest BCUT2D eigenvalue weighted by Gasteiger charge is 2.05. The lowest BCUT2D eigenvalue weighted by molar-refractivity contribution is 0.461. The average Bonchev–Trinajstić information content (AvgIpc) is 2.25. The molecule has 1 N–H and O–H groups in total. The molecule has 0 atom stereocenters. The summed E-state index contributed by atoms with van der Waals surface area (Å²) in [4.78, 5) is 2.07. The van der Waals surface area contributed by atoms with Gasteiger partial charge in [0.15, 0.2) is 0 Å². The second kappa shape index (κ2) is 4.41. The predicted octanol–water partition coefficient (Wildman–Crippen LogP) is 3.85. The Balaban J connectivity index is 2.32. The van der Waals surface area contributed by atoms with Crippen molar-refractivity contribution in [3.8, 4) is 5.75 Å². The number of phenols is 1. The highest BCUT2D eigenvalue weighted by molar-refractivity contribution is 7.99. The molecule has 0 aliphatic rings. The Bertz CT molecular complexity index is 431. The van der Waals surface area contributed by atoms with Gasteiger partial charge in [-0.1, -0.05) is 42.1 Å². The molecule has 0 amide bonds. The molecule has 76 valence electrons. The van der Waals surface area contributed by atoms with E-state index in [1.54, 1.807) is 17.8 Å². The van der Waals surface area contributed by atoms with Crippen LogP contribution >= 0.6 is 11.8 Å². The third kappa shape index (κ3) is 2.34. The summed E-state index contributed by atoms with van der Waals surface area (Å²) in [5, 5.41) is 9.73. The molecule has 0 radical (unpaired) electrons. The number of rotatable bonds is 2. The van der Waals surface area contributed by atoms with Crippen molar-refractivity contribution in [2.75, 3.05) is 0 Å². The monoisotopic (exact) mass is 216 g/mol. The summed E-state index contributed by atoms with van der Waals surface area (Å²) in [6.07, 6.45) is 0. The molecule has 1 nitrogen and oxygen atoms in total. The SMILES string of the molecule is Cc1cccc(O)c1Sc1ccccc1. The molecular formula is C13H12OS. The minimum atomic E-state index is 0.351. The molecule has 0 bridgehead atoms. The van der Waals surface area contributed by atoms with E-state index in [0.29, 0.717) is 5.75 Å². The van der Waals surface area contributed by atoms with Crippen LogP contribution in [0.4, 0.5) is 0 Å². The summed E-state index contributed by atoms with van der Waals surface area (Å²) in [5.41, 5.74) is 1.10. The largest absolute Gasteiger partial charge is 0.507 e. The minimum Gasteiger partial charge on any atom is -0.507 e. The average molecular weight is 216 g/mol. The Labute approximate surface area is 93.8 Å². The van der Waals surface area contributed by atoms with Crippen LogP contribution in [0.5, 0.6) is 5.75 Å². The second-order valence-corrected chi connectivity index (χ2v) is 4.42. The number of hydrogen-bond donors (Lipinski definition) is 1. The van der Waals surface area contributed by atoms with Gasteiger partial charge in [-0.15, -0.1) is 0 Å². The second-order valence-electron chi connectivity index (χ2n) is 3.34. The molecule has 0 fully saturated rings. The summed E-state index contributed by atoms with van der Waals surface area (Å²) >= 11 is 1.59. The van der Waals surface area contributed by atoms with E-state index in [4.69, 9.17) is 0 Å². The van der Waals surface area contributed by atoms with E-state index in [1.165, 1.54) is 0 Å². The van der Waals surface area contributed by atoms with Gasteiger partial charge in [0.05, 0.1) is 4.90 Å². The van der Waals surface area contributed by atoms with Crippen LogP contribution in [0.1, 0.15) is 5.56 Å². The lowest BCUT2D eigenvalue weighted by Crippen LogP contribution is -1.80. The Morgan fingerprint density at radius 3 is 2.33 bits per heavy atom. The summed E-state index contributed by atoms with van der Waals surface area (Å²) < 4.78 is 0. The summed E-state index contributed by atoms with van der Waals surface area (Å²) in [5.74, 6) is 0.351. The fourth-order valence-corrected chi connectivity index (χ4v) is 2.31. The maximum atomic E-state index is 9.73. The minimum absolute atomic E-state index is 0.351. The molecule has 0 aliphatic carbocycles. The van der Waals surface area contributed by atoms with Crippen molar-refractivity contribution in [2.24, 2.45) is 0 Å². The standard InChI is InChI=1S/C13H12OS/c1-10-6-5-9-12(14)13(10)15-11-7-3-2-4-8-11/h2-9,14H,1H3. The molecule has 2 heteroatoms. The van der Waals surface area contributed by atoms with Crippen molar-refractivity contribution in [2.45, 2.75) is 16.7 Å². The van der Waals surface area contributed by atoms with E-state index in [2.05, 4.69) is 0 Å². The Morgan fingerprint density at radius 1 is 0.933 bits per heavy atom. The van der Waals surface area contributed by atoms with Gasteiger partial charge in [-0.05, 0) is 30.7 Å². The van der Waals surface area contributed by atoms with Crippen LogP contribution in [0.25, 0.3) is 0 Å². The molecule has 15 heavy (non-hydrogen) atoms. The number of hydrogen-bond acceptors (Lipinski definition) is 2. The molecule has 0 aromatic heterocycles. The molecule has 0 aliphatic heterocycles. The van der Waals surface area contributed by atoms with Gasteiger partial charge in [0.2, 0.25) is 0 Å². The normalized spacial score (nSPS) is 10.2. The van der Waals surface area contributed by atoms with Crippen molar-refractivity contribution < 1.29 is 5.11 Å². The van der Waals surface area contributed by atoms with E-state index >= 15 is 0 Å². The van der Waals surface area contributed by atoms with Crippen molar-refractivity contribution in [1.82, 2.24) is 0 Å². The fourth-order valence-electron chi connectivity index (χ4n) is 1.38. The van der Waals surface area contributed by atoms with Gasteiger partial charge in [0.25, 0.3) is 0 Å². The highest BCUT2D eigenvalue weighted by Crippen LogP contribution is 2.36. The maximum Gasteiger partial charge on any atom is 0.129 e. The molecule has 0 saturated carbocycles. The van der Waals surface area contributed by atoms with E-state index in [0.717, 1.165) is 15.4 Å². The molecule has 2 rings (SSSR count). The Hall–Kier alpha value is -1.41. The number of phenolic OH excluding ortho intramolecular Hbond substituents is 1. The molecule has 0 saturated heterocycles. The van der Waals surface area contributed by atoms with E-state index in [1.807, 2.05) is 49.4 Å². The topological polar surface area (TPSA) is 20.2 Å². The van der Waals surface area contributed by atoms with Crippen molar-refractivity contribution >= 4 is 11.8 Å².